The number of benzene rings is 2. The molecule has 3 rings (SSSR count). The molecule has 2 heteroatoms. The van der Waals surface area contributed by atoms with E-state index in [1.165, 1.54) is 21.9 Å². The number of fused-ring (bicyclic) bond motifs is 2. The number of rotatable bonds is 3. The molecule has 0 aliphatic heterocycles. The Hall–Kier alpha value is -1.93. The molecular weight excluding hydrogens is 232 g/mol. The Balaban J connectivity index is 2.36. The monoisotopic (exact) mass is 250 g/mol. The minimum Gasteiger partial charge on any atom is -0.330 e. The molecule has 0 amide bonds. The van der Waals surface area contributed by atoms with E-state index in [-0.39, 0.29) is 0 Å². The fourth-order valence-corrected chi connectivity index (χ4v) is 2.64. The summed E-state index contributed by atoms with van der Waals surface area (Å²) in [6.07, 6.45) is 2.02. The predicted octanol–water partition coefficient (Wildman–Crippen LogP) is 3.59. The van der Waals surface area contributed by atoms with Crippen LogP contribution in [0.3, 0.4) is 0 Å². The molecule has 96 valence electrons. The molecule has 0 saturated carbocycles. The average molecular weight is 250 g/mol. The van der Waals surface area contributed by atoms with Crippen LogP contribution in [0.15, 0.2) is 42.5 Å². The molecule has 1 heterocycles. The topological polar surface area (TPSA) is 38.9 Å². The lowest BCUT2D eigenvalue weighted by Crippen LogP contribution is -2.02. The standard InChI is InChI=1S/C17H18N2/c1-12-8-9-17-15(11-12)13(6-4-10-18)14-5-2-3-7-16(14)19-17/h2-3,5,7-9,11H,4,6,10,18H2,1H3. The van der Waals surface area contributed by atoms with Gasteiger partial charge in [0, 0.05) is 10.8 Å². The van der Waals surface area contributed by atoms with E-state index in [0.29, 0.717) is 0 Å². The van der Waals surface area contributed by atoms with E-state index in [1.54, 1.807) is 0 Å². The van der Waals surface area contributed by atoms with Crippen molar-refractivity contribution in [2.24, 2.45) is 5.73 Å². The molecule has 0 aliphatic carbocycles. The number of hydrogen-bond acceptors (Lipinski definition) is 2. The SMILES string of the molecule is Cc1ccc2nc3ccccc3c(CCCN)c2c1. The Morgan fingerprint density at radius 3 is 2.63 bits per heavy atom. The first-order valence-electron chi connectivity index (χ1n) is 6.77. The molecule has 1 aromatic heterocycles. The summed E-state index contributed by atoms with van der Waals surface area (Å²) in [5.41, 5.74) is 10.5. The number of nitrogens with two attached hydrogens (primary N) is 1. The zero-order chi connectivity index (χ0) is 13.2. The maximum atomic E-state index is 5.68. The third kappa shape index (κ3) is 2.20. The van der Waals surface area contributed by atoms with Crippen LogP contribution in [0.1, 0.15) is 17.5 Å². The van der Waals surface area contributed by atoms with E-state index in [0.717, 1.165) is 30.4 Å². The van der Waals surface area contributed by atoms with Crippen LogP contribution in [0.2, 0.25) is 0 Å². The summed E-state index contributed by atoms with van der Waals surface area (Å²) in [6.45, 7) is 2.85. The molecule has 0 spiro atoms. The second kappa shape index (κ2) is 4.98. The Morgan fingerprint density at radius 1 is 1.00 bits per heavy atom. The third-order valence-electron chi connectivity index (χ3n) is 3.58. The quantitative estimate of drug-likeness (QED) is 0.721. The largest absolute Gasteiger partial charge is 0.330 e. The highest BCUT2D eigenvalue weighted by atomic mass is 14.7. The van der Waals surface area contributed by atoms with Crippen LogP contribution in [0, 0.1) is 6.92 Å². The normalized spacial score (nSPS) is 11.3. The van der Waals surface area contributed by atoms with Crippen molar-refractivity contribution in [3.8, 4) is 0 Å². The van der Waals surface area contributed by atoms with Gasteiger partial charge in [-0.05, 0) is 50.1 Å². The molecule has 0 fully saturated rings. The van der Waals surface area contributed by atoms with E-state index in [2.05, 4.69) is 43.3 Å². The van der Waals surface area contributed by atoms with E-state index in [1.807, 2.05) is 6.07 Å². The fraction of sp³-hybridized carbons (Fsp3) is 0.235. The van der Waals surface area contributed by atoms with Crippen molar-refractivity contribution in [3.63, 3.8) is 0 Å². The summed E-state index contributed by atoms with van der Waals surface area (Å²) in [7, 11) is 0. The van der Waals surface area contributed by atoms with Crippen LogP contribution in [0.4, 0.5) is 0 Å². The van der Waals surface area contributed by atoms with Crippen molar-refractivity contribution in [1.29, 1.82) is 0 Å². The molecule has 0 bridgehead atoms. The van der Waals surface area contributed by atoms with Crippen LogP contribution < -0.4 is 5.73 Å². The molecule has 0 unspecified atom stereocenters. The van der Waals surface area contributed by atoms with Gasteiger partial charge in [-0.3, -0.25) is 0 Å². The first kappa shape index (κ1) is 12.1. The first-order chi connectivity index (χ1) is 9.29. The highest BCUT2D eigenvalue weighted by Crippen LogP contribution is 2.27. The summed E-state index contributed by atoms with van der Waals surface area (Å²) in [5.74, 6) is 0. The van der Waals surface area contributed by atoms with E-state index >= 15 is 0 Å². The maximum absolute atomic E-state index is 5.68. The van der Waals surface area contributed by atoms with Crippen LogP contribution in [-0.4, -0.2) is 11.5 Å². The lowest BCUT2D eigenvalue weighted by Gasteiger charge is -2.11. The van der Waals surface area contributed by atoms with Gasteiger partial charge in [0.05, 0.1) is 11.0 Å². The Morgan fingerprint density at radius 2 is 1.79 bits per heavy atom. The van der Waals surface area contributed by atoms with Gasteiger partial charge in [-0.25, -0.2) is 4.98 Å². The van der Waals surface area contributed by atoms with Gasteiger partial charge in [-0.1, -0.05) is 29.8 Å². The van der Waals surface area contributed by atoms with Crippen molar-refractivity contribution < 1.29 is 0 Å². The highest BCUT2D eigenvalue weighted by molar-refractivity contribution is 5.97. The summed E-state index contributed by atoms with van der Waals surface area (Å²) in [5, 5.41) is 2.53. The number of pyridine rings is 1. The Bertz CT molecular complexity index is 732. The van der Waals surface area contributed by atoms with E-state index in [4.69, 9.17) is 10.7 Å². The van der Waals surface area contributed by atoms with Crippen LogP contribution in [-0.2, 0) is 6.42 Å². The highest BCUT2D eigenvalue weighted by Gasteiger charge is 2.08. The van der Waals surface area contributed by atoms with Gasteiger partial charge in [0.25, 0.3) is 0 Å². The second-order valence-corrected chi connectivity index (χ2v) is 5.02. The molecule has 0 aliphatic rings. The molecule has 0 radical (unpaired) electrons. The second-order valence-electron chi connectivity index (χ2n) is 5.02. The molecule has 2 N–H and O–H groups in total. The van der Waals surface area contributed by atoms with Gasteiger partial charge in [0.2, 0.25) is 0 Å². The third-order valence-corrected chi connectivity index (χ3v) is 3.58. The Kier molecular flexibility index (Phi) is 3.18. The molecule has 19 heavy (non-hydrogen) atoms. The summed E-state index contributed by atoms with van der Waals surface area (Å²) >= 11 is 0. The van der Waals surface area contributed by atoms with E-state index in [9.17, 15) is 0 Å². The summed E-state index contributed by atoms with van der Waals surface area (Å²) in [4.78, 5) is 4.76. The molecule has 0 saturated heterocycles. The van der Waals surface area contributed by atoms with Crippen LogP contribution >= 0.6 is 0 Å². The average Bonchev–Trinajstić information content (AvgIpc) is 2.44. The number of aromatic nitrogens is 1. The zero-order valence-corrected chi connectivity index (χ0v) is 11.2. The lowest BCUT2D eigenvalue weighted by atomic mass is 9.97. The molecule has 2 aromatic carbocycles. The minimum atomic E-state index is 0.726. The number of hydrogen-bond donors (Lipinski definition) is 1. The van der Waals surface area contributed by atoms with Crippen molar-refractivity contribution >= 4 is 21.8 Å². The van der Waals surface area contributed by atoms with Crippen molar-refractivity contribution in [1.82, 2.24) is 4.98 Å². The number of para-hydroxylation sites is 1. The molecule has 0 atom stereocenters. The van der Waals surface area contributed by atoms with Gasteiger partial charge >= 0.3 is 0 Å². The molecular formula is C17H18N2. The van der Waals surface area contributed by atoms with Gasteiger partial charge in [0.15, 0.2) is 0 Å². The van der Waals surface area contributed by atoms with Gasteiger partial charge in [-0.15, -0.1) is 0 Å². The summed E-state index contributed by atoms with van der Waals surface area (Å²) < 4.78 is 0. The Labute approximate surface area is 113 Å². The maximum Gasteiger partial charge on any atom is 0.0712 e. The van der Waals surface area contributed by atoms with Crippen molar-refractivity contribution in [2.75, 3.05) is 6.54 Å². The van der Waals surface area contributed by atoms with Gasteiger partial charge < -0.3 is 5.73 Å². The van der Waals surface area contributed by atoms with Crippen LogP contribution in [0.25, 0.3) is 21.8 Å². The smallest absolute Gasteiger partial charge is 0.0712 e. The van der Waals surface area contributed by atoms with E-state index < -0.39 is 0 Å². The van der Waals surface area contributed by atoms with Crippen molar-refractivity contribution in [2.45, 2.75) is 19.8 Å². The zero-order valence-electron chi connectivity index (χ0n) is 11.2. The minimum absolute atomic E-state index is 0.726. The molecule has 3 aromatic rings. The van der Waals surface area contributed by atoms with Gasteiger partial charge in [0.1, 0.15) is 0 Å². The predicted molar refractivity (Wildman–Crippen MR) is 81.4 cm³/mol. The number of nitrogens with zero attached hydrogens (tertiary/aromatic N) is 1. The van der Waals surface area contributed by atoms with Crippen LogP contribution in [0.5, 0.6) is 0 Å². The molecule has 2 nitrogen and oxygen atoms in total. The lowest BCUT2D eigenvalue weighted by molar-refractivity contribution is 0.841. The first-order valence-corrected chi connectivity index (χ1v) is 6.77. The fourth-order valence-electron chi connectivity index (χ4n) is 2.64. The van der Waals surface area contributed by atoms with Gasteiger partial charge in [-0.2, -0.15) is 0 Å². The summed E-state index contributed by atoms with van der Waals surface area (Å²) in [6, 6.07) is 14.8. The van der Waals surface area contributed by atoms with Crippen molar-refractivity contribution in [3.05, 3.63) is 53.6 Å². The number of aryl methyl sites for hydroxylation is 2.